The van der Waals surface area contributed by atoms with Gasteiger partial charge in [-0.05, 0) is 81.2 Å². The minimum Gasteiger partial charge on any atom is -0.323 e. The summed E-state index contributed by atoms with van der Waals surface area (Å²) in [5.41, 5.74) is 3.49. The lowest BCUT2D eigenvalue weighted by atomic mass is 9.94. The normalized spacial score (nSPS) is 11.8. The minimum atomic E-state index is -2.91. The Bertz CT molecular complexity index is 980. The highest BCUT2D eigenvalue weighted by molar-refractivity contribution is 5.94. The minimum absolute atomic E-state index is 0.460. The first kappa shape index (κ1) is 27.5. The summed E-state index contributed by atoms with van der Waals surface area (Å²) in [5, 5.41) is 4.66. The van der Waals surface area contributed by atoms with Gasteiger partial charge in [-0.25, -0.2) is 4.98 Å². The van der Waals surface area contributed by atoms with E-state index in [1.165, 1.54) is 12.6 Å². The molecule has 1 aromatic heterocycles. The zero-order valence-electron chi connectivity index (χ0n) is 20.7. The van der Waals surface area contributed by atoms with Gasteiger partial charge in [0.25, 0.3) is 0 Å². The van der Waals surface area contributed by atoms with Gasteiger partial charge in [-0.15, -0.1) is 6.58 Å². The molecule has 2 aromatic carbocycles. The number of nitrogens with zero attached hydrogens (tertiary/aromatic N) is 2. The second-order valence-corrected chi connectivity index (χ2v) is 7.84. The summed E-state index contributed by atoms with van der Waals surface area (Å²) in [6.45, 7) is 10.9. The van der Waals surface area contributed by atoms with E-state index in [1.54, 1.807) is 18.2 Å². The van der Waals surface area contributed by atoms with Gasteiger partial charge in [-0.2, -0.15) is 8.78 Å². The number of alkyl halides is 2. The van der Waals surface area contributed by atoms with Crippen molar-refractivity contribution in [3.05, 3.63) is 60.7 Å². The number of fused-ring (bicyclic) bond motifs is 2. The Balaban J connectivity index is 0.000000944. The number of pyridine rings is 1. The number of unbranched alkanes of at least 4 members (excludes halogenated alkanes) is 1. The number of nitrogens with one attached hydrogen (secondary N) is 1. The first-order chi connectivity index (χ1) is 15.2. The van der Waals surface area contributed by atoms with Crippen LogP contribution in [0, 0.1) is 0 Å². The molecule has 3 nitrogen and oxygen atoms in total. The third kappa shape index (κ3) is 7.56. The maximum Gasteiger partial charge on any atom is 0.322 e. The number of hydrogen-bond acceptors (Lipinski definition) is 3. The average Bonchev–Trinajstić information content (AvgIpc) is 2.77. The second-order valence-electron chi connectivity index (χ2n) is 7.84. The molecule has 0 radical (unpaired) electrons. The van der Waals surface area contributed by atoms with Crippen LogP contribution in [0.1, 0.15) is 58.4 Å². The largest absolute Gasteiger partial charge is 0.323 e. The molecular formula is C27H39F2N3. The Kier molecular flexibility index (Phi) is 11.3. The van der Waals surface area contributed by atoms with Crippen LogP contribution in [-0.2, 0) is 0 Å². The molecule has 5 heteroatoms. The van der Waals surface area contributed by atoms with Gasteiger partial charge < -0.3 is 10.2 Å². The Morgan fingerprint density at radius 3 is 2.19 bits per heavy atom. The van der Waals surface area contributed by atoms with Crippen molar-refractivity contribution in [1.29, 1.82) is 0 Å². The molecule has 3 aromatic rings. The first-order valence-corrected chi connectivity index (χ1v) is 11.4. The van der Waals surface area contributed by atoms with Crippen molar-refractivity contribution in [3.63, 3.8) is 0 Å². The molecule has 0 amide bonds. The van der Waals surface area contributed by atoms with E-state index in [0.29, 0.717) is 11.6 Å². The summed E-state index contributed by atoms with van der Waals surface area (Å²) in [6.07, 6.45) is 5.22. The second kappa shape index (κ2) is 13.1. The van der Waals surface area contributed by atoms with Crippen molar-refractivity contribution in [2.24, 2.45) is 0 Å². The fourth-order valence-electron chi connectivity index (χ4n) is 3.32. The van der Waals surface area contributed by atoms with Crippen molar-refractivity contribution in [2.45, 2.75) is 58.9 Å². The predicted octanol–water partition coefficient (Wildman–Crippen LogP) is 7.76. The molecule has 0 aliphatic heterocycles. The van der Waals surface area contributed by atoms with Crippen LogP contribution in [0.25, 0.3) is 21.8 Å². The first-order valence-electron chi connectivity index (χ1n) is 11.4. The zero-order valence-corrected chi connectivity index (χ0v) is 20.7. The van der Waals surface area contributed by atoms with Crippen molar-refractivity contribution in [2.75, 3.05) is 26.0 Å². The molecule has 32 heavy (non-hydrogen) atoms. The van der Waals surface area contributed by atoms with Crippen LogP contribution in [0.3, 0.4) is 0 Å². The molecule has 1 heterocycles. The van der Waals surface area contributed by atoms with E-state index in [9.17, 15) is 8.78 Å². The maximum absolute atomic E-state index is 13.6. The summed E-state index contributed by atoms with van der Waals surface area (Å²) in [4.78, 5) is 5.68. The van der Waals surface area contributed by atoms with Crippen LogP contribution in [0.4, 0.5) is 14.5 Å². The van der Waals surface area contributed by atoms with Gasteiger partial charge in [0.1, 0.15) is 0 Å². The van der Waals surface area contributed by atoms with Crippen LogP contribution < -0.4 is 10.2 Å². The molecule has 0 bridgehead atoms. The molecule has 176 valence electrons. The number of allylic oxidation sites excluding steroid dienone is 1. The summed E-state index contributed by atoms with van der Waals surface area (Å²) < 4.78 is 27.3. The molecule has 0 aliphatic carbocycles. The molecule has 0 fully saturated rings. The summed E-state index contributed by atoms with van der Waals surface area (Å²) in [6, 6.07) is 10.8. The molecule has 1 atom stereocenters. The molecule has 0 saturated heterocycles. The highest BCUT2D eigenvalue weighted by Gasteiger charge is 2.27. The predicted molar refractivity (Wildman–Crippen MR) is 137 cm³/mol. The zero-order chi connectivity index (χ0) is 24.3. The van der Waals surface area contributed by atoms with E-state index in [1.807, 2.05) is 46.2 Å². The molecule has 0 aliphatic rings. The van der Waals surface area contributed by atoms with Crippen LogP contribution in [-0.4, -0.2) is 32.2 Å². The third-order valence-corrected chi connectivity index (χ3v) is 5.21. The lowest BCUT2D eigenvalue weighted by molar-refractivity contribution is 0.0236. The van der Waals surface area contributed by atoms with Crippen LogP contribution in [0.15, 0.2) is 55.1 Å². The highest BCUT2D eigenvalue weighted by Crippen LogP contribution is 2.30. The van der Waals surface area contributed by atoms with Gasteiger partial charge >= 0.3 is 6.05 Å². The Hall–Kier alpha value is -2.53. The number of aromatic nitrogens is 1. The SMILES string of the molecule is C=CCCCC(C)c1ccc2nc3ccc(N(C)C(C)(F)F)cc3cc2c1.CC.CNC. The Morgan fingerprint density at radius 1 is 1.06 bits per heavy atom. The van der Waals surface area contributed by atoms with E-state index < -0.39 is 6.05 Å². The van der Waals surface area contributed by atoms with E-state index in [-0.39, 0.29) is 0 Å². The van der Waals surface area contributed by atoms with Gasteiger partial charge in [0.2, 0.25) is 0 Å². The number of anilines is 1. The fraction of sp³-hybridized carbons (Fsp3) is 0.444. The standard InChI is InChI=1S/C23H26F2N2.C2H7N.C2H6/c1-5-6-7-8-16(2)17-9-11-21-18(13-17)14-19-15-20(10-12-22(19)26-21)27(4)23(3,24)25;1-3-2;1-2/h5,9-16H,1,6-8H2,2-4H3;3H,1-2H3;1-2H3. The van der Waals surface area contributed by atoms with Crippen molar-refractivity contribution in [3.8, 4) is 0 Å². The highest BCUT2D eigenvalue weighted by atomic mass is 19.3. The maximum atomic E-state index is 13.6. The van der Waals surface area contributed by atoms with Crippen molar-refractivity contribution in [1.82, 2.24) is 10.3 Å². The van der Waals surface area contributed by atoms with Gasteiger partial charge in [-0.3, -0.25) is 0 Å². The van der Waals surface area contributed by atoms with Crippen molar-refractivity contribution < 1.29 is 8.78 Å². The van der Waals surface area contributed by atoms with Crippen LogP contribution >= 0.6 is 0 Å². The number of hydrogen-bond donors (Lipinski definition) is 1. The molecular weight excluding hydrogens is 404 g/mol. The van der Waals surface area contributed by atoms with E-state index in [4.69, 9.17) is 4.98 Å². The average molecular weight is 444 g/mol. The van der Waals surface area contributed by atoms with E-state index >= 15 is 0 Å². The van der Waals surface area contributed by atoms with Gasteiger partial charge in [-0.1, -0.05) is 32.9 Å². The Labute approximate surface area is 192 Å². The monoisotopic (exact) mass is 443 g/mol. The number of benzene rings is 2. The van der Waals surface area contributed by atoms with E-state index in [2.05, 4.69) is 31.0 Å². The third-order valence-electron chi connectivity index (χ3n) is 5.21. The summed E-state index contributed by atoms with van der Waals surface area (Å²) in [5.74, 6) is 0.460. The van der Waals surface area contributed by atoms with Gasteiger partial charge in [0, 0.05) is 30.4 Å². The smallest absolute Gasteiger partial charge is 0.322 e. The molecule has 0 spiro atoms. The summed E-state index contributed by atoms with van der Waals surface area (Å²) >= 11 is 0. The summed E-state index contributed by atoms with van der Waals surface area (Å²) in [7, 11) is 5.15. The van der Waals surface area contributed by atoms with Gasteiger partial charge in [0.05, 0.1) is 11.0 Å². The topological polar surface area (TPSA) is 28.2 Å². The van der Waals surface area contributed by atoms with Crippen LogP contribution in [0.5, 0.6) is 0 Å². The fourth-order valence-corrected chi connectivity index (χ4v) is 3.32. The van der Waals surface area contributed by atoms with Crippen molar-refractivity contribution >= 4 is 27.5 Å². The molecule has 0 saturated carbocycles. The Morgan fingerprint density at radius 2 is 1.62 bits per heavy atom. The quantitative estimate of drug-likeness (QED) is 0.175. The lowest BCUT2D eigenvalue weighted by Gasteiger charge is -2.26. The van der Waals surface area contributed by atoms with E-state index in [0.717, 1.165) is 52.9 Å². The van der Waals surface area contributed by atoms with Crippen LogP contribution in [0.2, 0.25) is 0 Å². The molecule has 3 rings (SSSR count). The molecule has 1 N–H and O–H groups in total. The lowest BCUT2D eigenvalue weighted by Crippen LogP contribution is -2.35. The number of halogens is 2. The molecule has 1 unspecified atom stereocenters. The number of rotatable bonds is 7. The van der Waals surface area contributed by atoms with Gasteiger partial charge in [0.15, 0.2) is 0 Å².